The van der Waals surface area contributed by atoms with Crippen molar-refractivity contribution >= 4 is 29.9 Å². The lowest BCUT2D eigenvalue weighted by Gasteiger charge is -2.24. The lowest BCUT2D eigenvalue weighted by molar-refractivity contribution is 0.0243. The molecule has 0 spiro atoms. The second kappa shape index (κ2) is 9.29. The normalized spacial score (nSPS) is 21.3. The maximum Gasteiger partial charge on any atom is 0.191 e. The molecule has 1 aromatic rings. The minimum absolute atomic E-state index is 0. The molecule has 0 bridgehead atoms. The fourth-order valence-corrected chi connectivity index (χ4v) is 2.48. The molecule has 1 aliphatic rings. The lowest BCUT2D eigenvalue weighted by atomic mass is 10.0. The van der Waals surface area contributed by atoms with Gasteiger partial charge in [-0.2, -0.15) is 0 Å². The maximum absolute atomic E-state index is 13.5. The van der Waals surface area contributed by atoms with E-state index in [1.165, 1.54) is 6.07 Å². The van der Waals surface area contributed by atoms with Crippen molar-refractivity contribution in [3.63, 3.8) is 0 Å². The quantitative estimate of drug-likeness (QED) is 0.437. The summed E-state index contributed by atoms with van der Waals surface area (Å²) < 4.78 is 19.2. The second-order valence-electron chi connectivity index (χ2n) is 5.60. The third kappa shape index (κ3) is 5.72. The number of rotatable bonds is 5. The van der Waals surface area contributed by atoms with Crippen LogP contribution in [0.2, 0.25) is 0 Å². The van der Waals surface area contributed by atoms with E-state index in [4.69, 9.17) is 4.74 Å². The molecule has 0 amide bonds. The van der Waals surface area contributed by atoms with Crippen LogP contribution in [-0.4, -0.2) is 38.3 Å². The SMILES string of the molecule is CN=C(NCCc1ccccc1F)NCC1(C)CCCO1.I. The summed E-state index contributed by atoms with van der Waals surface area (Å²) in [5, 5.41) is 6.48. The van der Waals surface area contributed by atoms with Crippen LogP contribution in [0.1, 0.15) is 25.3 Å². The molecule has 2 rings (SSSR count). The van der Waals surface area contributed by atoms with Crippen molar-refractivity contribution in [1.82, 2.24) is 10.6 Å². The molecule has 1 atom stereocenters. The topological polar surface area (TPSA) is 45.7 Å². The van der Waals surface area contributed by atoms with Gasteiger partial charge in [-0.3, -0.25) is 4.99 Å². The van der Waals surface area contributed by atoms with Gasteiger partial charge in [-0.15, -0.1) is 24.0 Å². The van der Waals surface area contributed by atoms with Crippen molar-refractivity contribution in [2.75, 3.05) is 26.7 Å². The summed E-state index contributed by atoms with van der Waals surface area (Å²) in [5.74, 6) is 0.567. The molecule has 0 saturated carbocycles. The number of nitrogens with zero attached hydrogens (tertiary/aromatic N) is 1. The van der Waals surface area contributed by atoms with Gasteiger partial charge in [0.25, 0.3) is 0 Å². The molecule has 0 aliphatic carbocycles. The summed E-state index contributed by atoms with van der Waals surface area (Å²) in [6.07, 6.45) is 2.80. The molecule has 6 heteroatoms. The highest BCUT2D eigenvalue weighted by molar-refractivity contribution is 14.0. The van der Waals surface area contributed by atoms with Crippen molar-refractivity contribution in [2.24, 2.45) is 4.99 Å². The van der Waals surface area contributed by atoms with Crippen LogP contribution in [0.25, 0.3) is 0 Å². The average molecular weight is 421 g/mol. The first kappa shape index (κ1) is 19.2. The Bertz CT molecular complexity index is 490. The molecular formula is C16H25FIN3O. The van der Waals surface area contributed by atoms with Crippen molar-refractivity contribution in [3.05, 3.63) is 35.6 Å². The van der Waals surface area contributed by atoms with Gasteiger partial charge in [0, 0.05) is 26.7 Å². The predicted octanol–water partition coefficient (Wildman–Crippen LogP) is 2.72. The van der Waals surface area contributed by atoms with Crippen LogP contribution in [0.5, 0.6) is 0 Å². The van der Waals surface area contributed by atoms with E-state index in [2.05, 4.69) is 22.5 Å². The Morgan fingerprint density at radius 1 is 1.36 bits per heavy atom. The molecular weight excluding hydrogens is 396 g/mol. The van der Waals surface area contributed by atoms with Crippen LogP contribution in [0.4, 0.5) is 4.39 Å². The van der Waals surface area contributed by atoms with E-state index in [0.717, 1.165) is 32.0 Å². The van der Waals surface area contributed by atoms with Gasteiger partial charge in [-0.05, 0) is 37.8 Å². The van der Waals surface area contributed by atoms with Gasteiger partial charge in [0.1, 0.15) is 5.82 Å². The molecule has 1 heterocycles. The number of hydrogen-bond donors (Lipinski definition) is 2. The monoisotopic (exact) mass is 421 g/mol. The van der Waals surface area contributed by atoms with Gasteiger partial charge in [0.2, 0.25) is 0 Å². The van der Waals surface area contributed by atoms with E-state index >= 15 is 0 Å². The van der Waals surface area contributed by atoms with Gasteiger partial charge in [0.15, 0.2) is 5.96 Å². The van der Waals surface area contributed by atoms with Crippen LogP contribution >= 0.6 is 24.0 Å². The average Bonchev–Trinajstić information content (AvgIpc) is 2.91. The number of benzene rings is 1. The third-order valence-corrected chi connectivity index (χ3v) is 3.80. The van der Waals surface area contributed by atoms with Gasteiger partial charge in [-0.25, -0.2) is 4.39 Å². The molecule has 22 heavy (non-hydrogen) atoms. The number of halogens is 2. The highest BCUT2D eigenvalue weighted by atomic mass is 127. The number of guanidine groups is 1. The largest absolute Gasteiger partial charge is 0.373 e. The van der Waals surface area contributed by atoms with E-state index in [1.54, 1.807) is 19.2 Å². The first-order chi connectivity index (χ1) is 10.1. The van der Waals surface area contributed by atoms with E-state index in [9.17, 15) is 4.39 Å². The maximum atomic E-state index is 13.5. The smallest absolute Gasteiger partial charge is 0.191 e. The van der Waals surface area contributed by atoms with Crippen LogP contribution in [0.15, 0.2) is 29.3 Å². The highest BCUT2D eigenvalue weighted by Crippen LogP contribution is 2.23. The zero-order chi connectivity index (χ0) is 15.1. The van der Waals surface area contributed by atoms with Crippen LogP contribution in [0.3, 0.4) is 0 Å². The number of nitrogens with one attached hydrogen (secondary N) is 2. The Labute approximate surface area is 148 Å². The summed E-state index contributed by atoms with van der Waals surface area (Å²) in [7, 11) is 1.73. The van der Waals surface area contributed by atoms with E-state index in [0.29, 0.717) is 18.5 Å². The van der Waals surface area contributed by atoms with Crippen molar-refractivity contribution in [1.29, 1.82) is 0 Å². The molecule has 1 fully saturated rings. The first-order valence-corrected chi connectivity index (χ1v) is 7.45. The fourth-order valence-electron chi connectivity index (χ4n) is 2.48. The Hall–Kier alpha value is -0.890. The molecule has 4 nitrogen and oxygen atoms in total. The Morgan fingerprint density at radius 3 is 2.77 bits per heavy atom. The zero-order valence-electron chi connectivity index (χ0n) is 13.2. The van der Waals surface area contributed by atoms with E-state index in [-0.39, 0.29) is 35.4 Å². The van der Waals surface area contributed by atoms with Gasteiger partial charge in [-0.1, -0.05) is 18.2 Å². The second-order valence-corrected chi connectivity index (χ2v) is 5.60. The minimum Gasteiger partial charge on any atom is -0.373 e. The summed E-state index contributed by atoms with van der Waals surface area (Å²) in [6, 6.07) is 6.85. The number of hydrogen-bond acceptors (Lipinski definition) is 2. The van der Waals surface area contributed by atoms with Crippen LogP contribution < -0.4 is 10.6 Å². The molecule has 1 saturated heterocycles. The van der Waals surface area contributed by atoms with Crippen LogP contribution in [0, 0.1) is 5.82 Å². The Balaban J connectivity index is 0.00000242. The number of ether oxygens (including phenoxy) is 1. The zero-order valence-corrected chi connectivity index (χ0v) is 15.5. The first-order valence-electron chi connectivity index (χ1n) is 7.45. The summed E-state index contributed by atoms with van der Waals surface area (Å²) >= 11 is 0. The molecule has 1 aliphatic heterocycles. The molecule has 2 N–H and O–H groups in total. The van der Waals surface area contributed by atoms with Crippen molar-refractivity contribution < 1.29 is 9.13 Å². The minimum atomic E-state index is -0.158. The predicted molar refractivity (Wildman–Crippen MR) is 98.5 cm³/mol. The fraction of sp³-hybridized carbons (Fsp3) is 0.562. The summed E-state index contributed by atoms with van der Waals surface area (Å²) in [6.45, 7) is 4.31. The van der Waals surface area contributed by atoms with Crippen molar-refractivity contribution in [3.8, 4) is 0 Å². The van der Waals surface area contributed by atoms with E-state index in [1.807, 2.05) is 6.07 Å². The van der Waals surface area contributed by atoms with Gasteiger partial charge in [0.05, 0.1) is 5.60 Å². The third-order valence-electron chi connectivity index (χ3n) is 3.80. The standard InChI is InChI=1S/C16H24FN3O.HI/c1-16(9-5-11-21-16)12-20-15(18-2)19-10-8-13-6-3-4-7-14(13)17;/h3-4,6-7H,5,8-12H2,1-2H3,(H2,18,19,20);1H. The summed E-state index contributed by atoms with van der Waals surface area (Å²) in [4.78, 5) is 4.18. The van der Waals surface area contributed by atoms with Gasteiger partial charge >= 0.3 is 0 Å². The molecule has 1 unspecified atom stereocenters. The van der Waals surface area contributed by atoms with E-state index < -0.39 is 0 Å². The highest BCUT2D eigenvalue weighted by Gasteiger charge is 2.29. The van der Waals surface area contributed by atoms with Crippen molar-refractivity contribution in [2.45, 2.75) is 31.8 Å². The van der Waals surface area contributed by atoms with Gasteiger partial charge < -0.3 is 15.4 Å². The molecule has 0 radical (unpaired) electrons. The Morgan fingerprint density at radius 2 is 2.14 bits per heavy atom. The summed E-state index contributed by atoms with van der Waals surface area (Å²) in [5.41, 5.74) is 0.606. The number of aliphatic imine (C=N–C) groups is 1. The van der Waals surface area contributed by atoms with Crippen LogP contribution in [-0.2, 0) is 11.2 Å². The molecule has 1 aromatic carbocycles. The molecule has 0 aromatic heterocycles. The Kier molecular flexibility index (Phi) is 8.09. The lowest BCUT2D eigenvalue weighted by Crippen LogP contribution is -2.45. The molecule has 124 valence electrons.